The number of thiazole rings is 1. The Balaban J connectivity index is 1.64. The second-order valence-corrected chi connectivity index (χ2v) is 6.82. The van der Waals surface area contributed by atoms with Crippen molar-refractivity contribution in [3.05, 3.63) is 35.3 Å². The van der Waals surface area contributed by atoms with Crippen LogP contribution in [0.25, 0.3) is 10.6 Å². The number of carboxylic acid groups (broad SMARTS) is 1. The number of hydrogen-bond donors (Lipinski definition) is 1. The van der Waals surface area contributed by atoms with Crippen molar-refractivity contribution < 1.29 is 14.6 Å². The molecule has 0 spiro atoms. The second-order valence-electron chi connectivity index (χ2n) is 5.96. The van der Waals surface area contributed by atoms with Gasteiger partial charge in [-0.05, 0) is 38.1 Å². The van der Waals surface area contributed by atoms with Crippen LogP contribution in [-0.2, 0) is 11.2 Å². The summed E-state index contributed by atoms with van der Waals surface area (Å²) in [6.45, 7) is 3.92. The van der Waals surface area contributed by atoms with Gasteiger partial charge in [0.15, 0.2) is 0 Å². The third-order valence-electron chi connectivity index (χ3n) is 4.12. The van der Waals surface area contributed by atoms with Crippen molar-refractivity contribution in [2.45, 2.75) is 25.7 Å². The minimum Gasteiger partial charge on any atom is -0.492 e. The van der Waals surface area contributed by atoms with E-state index in [9.17, 15) is 4.79 Å². The van der Waals surface area contributed by atoms with Gasteiger partial charge in [0, 0.05) is 11.9 Å². The summed E-state index contributed by atoms with van der Waals surface area (Å²) < 4.78 is 5.99. The summed E-state index contributed by atoms with van der Waals surface area (Å²) in [7, 11) is 0. The van der Waals surface area contributed by atoms with E-state index in [2.05, 4.69) is 9.88 Å². The average Bonchev–Trinajstić information content (AvgIpc) is 3.04. The maximum atomic E-state index is 10.8. The smallest absolute Gasteiger partial charge is 0.309 e. The highest BCUT2D eigenvalue weighted by atomic mass is 32.1. The molecule has 0 atom stereocenters. The highest BCUT2D eigenvalue weighted by molar-refractivity contribution is 7.13. The summed E-state index contributed by atoms with van der Waals surface area (Å²) in [6.07, 6.45) is 3.85. The van der Waals surface area contributed by atoms with Crippen molar-refractivity contribution in [1.82, 2.24) is 9.88 Å². The van der Waals surface area contributed by atoms with Gasteiger partial charge >= 0.3 is 5.97 Å². The number of hydrogen-bond acceptors (Lipinski definition) is 5. The van der Waals surface area contributed by atoms with E-state index in [1.807, 2.05) is 24.3 Å². The van der Waals surface area contributed by atoms with Crippen molar-refractivity contribution >= 4 is 17.3 Å². The standard InChI is InChI=1S/C18H22N2O3S/c21-17(22)12-14-13-24-18(19-14)15-6-2-3-7-16(15)23-11-10-20-8-4-1-5-9-20/h2-3,6-7,13H,1,4-5,8-12H2,(H,21,22). The zero-order valence-corrected chi connectivity index (χ0v) is 14.4. The Morgan fingerprint density at radius 2 is 2.04 bits per heavy atom. The number of para-hydroxylation sites is 1. The van der Waals surface area contributed by atoms with Crippen LogP contribution < -0.4 is 4.74 Å². The van der Waals surface area contributed by atoms with Gasteiger partial charge in [0.2, 0.25) is 0 Å². The Morgan fingerprint density at radius 3 is 2.83 bits per heavy atom. The number of carbonyl (C=O) groups is 1. The zero-order chi connectivity index (χ0) is 16.8. The molecule has 1 aromatic carbocycles. The van der Waals surface area contributed by atoms with Gasteiger partial charge in [0.05, 0.1) is 17.7 Å². The van der Waals surface area contributed by atoms with Crippen molar-refractivity contribution in [2.75, 3.05) is 26.2 Å². The van der Waals surface area contributed by atoms with Gasteiger partial charge in [0.1, 0.15) is 17.4 Å². The fourth-order valence-electron chi connectivity index (χ4n) is 2.90. The summed E-state index contributed by atoms with van der Waals surface area (Å²) >= 11 is 1.46. The van der Waals surface area contributed by atoms with Gasteiger partial charge in [-0.15, -0.1) is 11.3 Å². The number of aromatic nitrogens is 1. The molecule has 0 amide bonds. The van der Waals surface area contributed by atoms with Crippen LogP contribution in [0.5, 0.6) is 5.75 Å². The molecule has 0 aliphatic carbocycles. The molecular formula is C18H22N2O3S. The quantitative estimate of drug-likeness (QED) is 0.833. The van der Waals surface area contributed by atoms with Crippen molar-refractivity contribution in [3.63, 3.8) is 0 Å². The fraction of sp³-hybridized carbons (Fsp3) is 0.444. The number of benzene rings is 1. The Morgan fingerprint density at radius 1 is 1.25 bits per heavy atom. The van der Waals surface area contributed by atoms with Crippen molar-refractivity contribution in [2.24, 2.45) is 0 Å². The van der Waals surface area contributed by atoms with Gasteiger partial charge < -0.3 is 9.84 Å². The van der Waals surface area contributed by atoms with Crippen LogP contribution in [0.15, 0.2) is 29.6 Å². The lowest BCUT2D eigenvalue weighted by Crippen LogP contribution is -2.33. The monoisotopic (exact) mass is 346 g/mol. The fourth-order valence-corrected chi connectivity index (χ4v) is 3.75. The number of piperidine rings is 1. The average molecular weight is 346 g/mol. The first-order valence-electron chi connectivity index (χ1n) is 8.33. The number of nitrogens with zero attached hydrogens (tertiary/aromatic N) is 2. The number of likely N-dealkylation sites (tertiary alicyclic amines) is 1. The van der Waals surface area contributed by atoms with Gasteiger partial charge in [-0.2, -0.15) is 0 Å². The lowest BCUT2D eigenvalue weighted by Gasteiger charge is -2.26. The Bertz CT molecular complexity index is 680. The van der Waals surface area contributed by atoms with Crippen LogP contribution in [0.4, 0.5) is 0 Å². The Kier molecular flexibility index (Phi) is 5.82. The van der Waals surface area contributed by atoms with Crippen molar-refractivity contribution in [1.29, 1.82) is 0 Å². The molecule has 0 unspecified atom stereocenters. The molecule has 0 bridgehead atoms. The van der Waals surface area contributed by atoms with Crippen LogP contribution in [0.3, 0.4) is 0 Å². The van der Waals surface area contributed by atoms with Gasteiger partial charge in [-0.25, -0.2) is 4.98 Å². The minimum absolute atomic E-state index is 0.0471. The molecule has 2 heterocycles. The first-order valence-corrected chi connectivity index (χ1v) is 9.21. The first-order chi connectivity index (χ1) is 11.7. The van der Waals surface area contributed by atoms with E-state index in [0.29, 0.717) is 12.3 Å². The lowest BCUT2D eigenvalue weighted by molar-refractivity contribution is -0.136. The van der Waals surface area contributed by atoms with Gasteiger partial charge in [0.25, 0.3) is 0 Å². The van der Waals surface area contributed by atoms with Gasteiger partial charge in [-0.3, -0.25) is 9.69 Å². The Labute approximate surface area is 145 Å². The largest absolute Gasteiger partial charge is 0.492 e. The van der Waals surface area contributed by atoms with E-state index in [-0.39, 0.29) is 6.42 Å². The molecule has 1 aliphatic heterocycles. The van der Waals surface area contributed by atoms with Gasteiger partial charge in [-0.1, -0.05) is 18.6 Å². The van der Waals surface area contributed by atoms with E-state index in [1.165, 1.54) is 30.6 Å². The molecule has 1 aliphatic rings. The van der Waals surface area contributed by atoms with E-state index < -0.39 is 5.97 Å². The molecule has 128 valence electrons. The van der Waals surface area contributed by atoms with E-state index in [1.54, 1.807) is 5.38 Å². The summed E-state index contributed by atoms with van der Waals surface area (Å²) in [4.78, 5) is 17.7. The molecule has 1 fully saturated rings. The van der Waals surface area contributed by atoms with Crippen LogP contribution in [-0.4, -0.2) is 47.2 Å². The summed E-state index contributed by atoms with van der Waals surface area (Å²) in [6, 6.07) is 7.82. The third-order valence-corrected chi connectivity index (χ3v) is 5.04. The maximum Gasteiger partial charge on any atom is 0.309 e. The molecule has 6 heteroatoms. The third kappa shape index (κ3) is 4.55. The number of ether oxygens (including phenoxy) is 1. The van der Waals surface area contributed by atoms with E-state index >= 15 is 0 Å². The molecule has 1 saturated heterocycles. The predicted octanol–water partition coefficient (Wildman–Crippen LogP) is 3.30. The number of carboxylic acids is 1. The van der Waals surface area contributed by atoms with Crippen LogP contribution in [0.2, 0.25) is 0 Å². The minimum atomic E-state index is -0.863. The van der Waals surface area contributed by atoms with Crippen molar-refractivity contribution in [3.8, 4) is 16.3 Å². The van der Waals surface area contributed by atoms with Crippen LogP contribution >= 0.6 is 11.3 Å². The lowest BCUT2D eigenvalue weighted by atomic mass is 10.1. The summed E-state index contributed by atoms with van der Waals surface area (Å²) in [5.74, 6) is -0.0522. The van der Waals surface area contributed by atoms with Crippen LogP contribution in [0, 0.1) is 0 Å². The molecule has 1 N–H and O–H groups in total. The Hall–Kier alpha value is -1.92. The first kappa shape index (κ1) is 16.9. The SMILES string of the molecule is O=C(O)Cc1csc(-c2ccccc2OCCN2CCCCC2)n1. The predicted molar refractivity (Wildman–Crippen MR) is 94.7 cm³/mol. The molecule has 0 radical (unpaired) electrons. The van der Waals surface area contributed by atoms with Crippen LogP contribution in [0.1, 0.15) is 25.0 Å². The highest BCUT2D eigenvalue weighted by Crippen LogP contribution is 2.32. The molecule has 2 aromatic rings. The second kappa shape index (κ2) is 8.26. The summed E-state index contributed by atoms with van der Waals surface area (Å²) in [5, 5.41) is 11.5. The maximum absolute atomic E-state index is 10.8. The zero-order valence-electron chi connectivity index (χ0n) is 13.6. The molecule has 0 saturated carbocycles. The van der Waals surface area contributed by atoms with E-state index in [0.717, 1.165) is 36.0 Å². The molecule has 24 heavy (non-hydrogen) atoms. The molecular weight excluding hydrogens is 324 g/mol. The molecule has 5 nitrogen and oxygen atoms in total. The molecule has 3 rings (SSSR count). The highest BCUT2D eigenvalue weighted by Gasteiger charge is 2.13. The summed E-state index contributed by atoms with van der Waals surface area (Å²) in [5.41, 5.74) is 1.52. The number of aliphatic carboxylic acids is 1. The van der Waals surface area contributed by atoms with E-state index in [4.69, 9.17) is 9.84 Å². The topological polar surface area (TPSA) is 62.7 Å². The molecule has 1 aromatic heterocycles. The number of rotatable bonds is 7. The normalized spacial score (nSPS) is 15.3.